The van der Waals surface area contributed by atoms with Gasteiger partial charge in [0.2, 0.25) is 0 Å². The first-order valence-corrected chi connectivity index (χ1v) is 6.40. The molecule has 2 aromatic carbocycles. The maximum atomic E-state index is 6.39. The quantitative estimate of drug-likeness (QED) is 0.844. The Balaban J connectivity index is 1.97. The zero-order valence-electron chi connectivity index (χ0n) is 10.3. The maximum Gasteiger partial charge on any atom is 0.0638 e. The lowest BCUT2D eigenvalue weighted by Crippen LogP contribution is -2.47. The fraction of sp³-hybridized carbons (Fsp3) is 0.333. The molecule has 18 heavy (non-hydrogen) atoms. The van der Waals surface area contributed by atoms with Crippen molar-refractivity contribution in [1.29, 1.82) is 0 Å². The molecule has 0 radical (unpaired) electrons. The van der Waals surface area contributed by atoms with E-state index in [0.717, 1.165) is 13.2 Å². The lowest BCUT2D eigenvalue weighted by molar-refractivity contribution is 0.0686. The Morgan fingerprint density at radius 3 is 2.83 bits per heavy atom. The average Bonchev–Trinajstić information content (AvgIpc) is 2.47. The van der Waals surface area contributed by atoms with Crippen LogP contribution in [-0.4, -0.2) is 25.8 Å². The summed E-state index contributed by atoms with van der Waals surface area (Å²) in [7, 11) is 0. The SMILES string of the molecule is NC(c1cccc2ccccc12)C1COCCN1. The van der Waals surface area contributed by atoms with Crippen LogP contribution in [0, 0.1) is 0 Å². The molecule has 0 saturated carbocycles. The molecule has 3 heteroatoms. The van der Waals surface area contributed by atoms with Crippen LogP contribution in [0.15, 0.2) is 42.5 Å². The van der Waals surface area contributed by atoms with Gasteiger partial charge in [-0.1, -0.05) is 42.5 Å². The number of rotatable bonds is 2. The van der Waals surface area contributed by atoms with Crippen LogP contribution in [0.5, 0.6) is 0 Å². The fourth-order valence-electron chi connectivity index (χ4n) is 2.57. The van der Waals surface area contributed by atoms with Crippen LogP contribution in [0.2, 0.25) is 0 Å². The lowest BCUT2D eigenvalue weighted by Gasteiger charge is -2.29. The first kappa shape index (κ1) is 11.7. The molecule has 0 amide bonds. The normalized spacial score (nSPS) is 21.9. The van der Waals surface area contributed by atoms with Gasteiger partial charge in [-0.3, -0.25) is 0 Å². The van der Waals surface area contributed by atoms with Crippen molar-refractivity contribution in [3.63, 3.8) is 0 Å². The summed E-state index contributed by atoms with van der Waals surface area (Å²) in [4.78, 5) is 0. The molecule has 0 bridgehead atoms. The number of fused-ring (bicyclic) bond motifs is 1. The van der Waals surface area contributed by atoms with Crippen LogP contribution < -0.4 is 11.1 Å². The highest BCUT2D eigenvalue weighted by atomic mass is 16.5. The van der Waals surface area contributed by atoms with Gasteiger partial charge in [-0.15, -0.1) is 0 Å². The van der Waals surface area contributed by atoms with E-state index in [9.17, 15) is 0 Å². The van der Waals surface area contributed by atoms with Crippen molar-refractivity contribution in [3.8, 4) is 0 Å². The summed E-state index contributed by atoms with van der Waals surface area (Å²) in [6.45, 7) is 2.34. The van der Waals surface area contributed by atoms with Crippen molar-refractivity contribution >= 4 is 10.8 Å². The van der Waals surface area contributed by atoms with Gasteiger partial charge in [-0.2, -0.15) is 0 Å². The van der Waals surface area contributed by atoms with Gasteiger partial charge in [0, 0.05) is 18.6 Å². The third-order valence-corrected chi connectivity index (χ3v) is 3.57. The van der Waals surface area contributed by atoms with Gasteiger partial charge in [0.25, 0.3) is 0 Å². The second kappa shape index (κ2) is 5.06. The maximum absolute atomic E-state index is 6.39. The number of hydrogen-bond donors (Lipinski definition) is 2. The molecule has 2 unspecified atom stereocenters. The number of morpholine rings is 1. The molecule has 0 spiro atoms. The molecule has 1 aliphatic rings. The monoisotopic (exact) mass is 242 g/mol. The zero-order valence-corrected chi connectivity index (χ0v) is 10.3. The minimum Gasteiger partial charge on any atom is -0.378 e. The molecule has 3 N–H and O–H groups in total. The molecule has 0 aliphatic carbocycles. The molecule has 3 rings (SSSR count). The van der Waals surface area contributed by atoms with Crippen LogP contribution in [0.25, 0.3) is 10.8 Å². The molecule has 94 valence electrons. The topological polar surface area (TPSA) is 47.3 Å². The lowest BCUT2D eigenvalue weighted by atomic mass is 9.94. The molecule has 1 fully saturated rings. The van der Waals surface area contributed by atoms with Crippen molar-refractivity contribution in [2.75, 3.05) is 19.8 Å². The summed E-state index contributed by atoms with van der Waals surface area (Å²) in [5, 5.41) is 5.91. The molecule has 2 aromatic rings. The van der Waals surface area contributed by atoms with E-state index >= 15 is 0 Å². The van der Waals surface area contributed by atoms with Gasteiger partial charge < -0.3 is 15.8 Å². The third-order valence-electron chi connectivity index (χ3n) is 3.57. The smallest absolute Gasteiger partial charge is 0.0638 e. The summed E-state index contributed by atoms with van der Waals surface area (Å²) in [6, 6.07) is 14.8. The first-order chi connectivity index (χ1) is 8.86. The van der Waals surface area contributed by atoms with Crippen LogP contribution in [0.1, 0.15) is 11.6 Å². The van der Waals surface area contributed by atoms with Crippen LogP contribution in [0.4, 0.5) is 0 Å². The van der Waals surface area contributed by atoms with Crippen molar-refractivity contribution in [2.24, 2.45) is 5.73 Å². The molecule has 1 aliphatic heterocycles. The van der Waals surface area contributed by atoms with Gasteiger partial charge in [0.1, 0.15) is 0 Å². The minimum absolute atomic E-state index is 0.0311. The Hall–Kier alpha value is -1.42. The predicted octanol–water partition coefficient (Wildman–Crippen LogP) is 1.83. The van der Waals surface area contributed by atoms with E-state index in [0.29, 0.717) is 6.61 Å². The van der Waals surface area contributed by atoms with Crippen molar-refractivity contribution in [2.45, 2.75) is 12.1 Å². The Kier molecular flexibility index (Phi) is 3.28. The fourth-order valence-corrected chi connectivity index (χ4v) is 2.57. The zero-order chi connectivity index (χ0) is 12.4. The van der Waals surface area contributed by atoms with Gasteiger partial charge in [0.15, 0.2) is 0 Å². The Bertz CT molecular complexity index is 530. The molecule has 2 atom stereocenters. The average molecular weight is 242 g/mol. The highest BCUT2D eigenvalue weighted by Crippen LogP contribution is 2.25. The van der Waals surface area contributed by atoms with Gasteiger partial charge in [-0.25, -0.2) is 0 Å². The second-order valence-corrected chi connectivity index (χ2v) is 4.73. The summed E-state index contributed by atoms with van der Waals surface area (Å²) in [5.74, 6) is 0. The Labute approximate surface area is 107 Å². The molecular formula is C15H18N2O. The standard InChI is InChI=1S/C15H18N2O/c16-15(14-10-18-9-8-17-14)13-7-3-5-11-4-1-2-6-12(11)13/h1-7,14-15,17H,8-10,16H2. The number of ether oxygens (including phenoxy) is 1. The first-order valence-electron chi connectivity index (χ1n) is 6.40. The minimum atomic E-state index is -0.0311. The van der Waals surface area contributed by atoms with Crippen LogP contribution in [0.3, 0.4) is 0 Å². The Morgan fingerprint density at radius 2 is 2.00 bits per heavy atom. The molecule has 3 nitrogen and oxygen atoms in total. The number of nitrogens with two attached hydrogens (primary N) is 1. The number of benzene rings is 2. The van der Waals surface area contributed by atoms with Gasteiger partial charge >= 0.3 is 0 Å². The third kappa shape index (κ3) is 2.12. The Morgan fingerprint density at radius 1 is 1.17 bits per heavy atom. The second-order valence-electron chi connectivity index (χ2n) is 4.73. The van der Waals surface area contributed by atoms with E-state index in [-0.39, 0.29) is 12.1 Å². The molecule has 1 heterocycles. The van der Waals surface area contributed by atoms with E-state index < -0.39 is 0 Å². The van der Waals surface area contributed by atoms with E-state index in [1.807, 2.05) is 0 Å². The predicted molar refractivity (Wildman–Crippen MR) is 73.5 cm³/mol. The highest BCUT2D eigenvalue weighted by Gasteiger charge is 2.22. The molecule has 1 saturated heterocycles. The van der Waals surface area contributed by atoms with E-state index in [1.165, 1.54) is 16.3 Å². The van der Waals surface area contributed by atoms with E-state index in [1.54, 1.807) is 0 Å². The van der Waals surface area contributed by atoms with Gasteiger partial charge in [-0.05, 0) is 16.3 Å². The summed E-state index contributed by atoms with van der Waals surface area (Å²) < 4.78 is 5.49. The van der Waals surface area contributed by atoms with Crippen LogP contribution >= 0.6 is 0 Å². The summed E-state index contributed by atoms with van der Waals surface area (Å²) in [6.07, 6.45) is 0. The van der Waals surface area contributed by atoms with Gasteiger partial charge in [0.05, 0.1) is 13.2 Å². The van der Waals surface area contributed by atoms with Crippen LogP contribution in [-0.2, 0) is 4.74 Å². The van der Waals surface area contributed by atoms with Crippen molar-refractivity contribution in [1.82, 2.24) is 5.32 Å². The highest BCUT2D eigenvalue weighted by molar-refractivity contribution is 5.86. The van der Waals surface area contributed by atoms with E-state index in [2.05, 4.69) is 47.8 Å². The summed E-state index contributed by atoms with van der Waals surface area (Å²) in [5.41, 5.74) is 7.58. The van der Waals surface area contributed by atoms with E-state index in [4.69, 9.17) is 10.5 Å². The number of nitrogens with one attached hydrogen (secondary N) is 1. The molecular weight excluding hydrogens is 224 g/mol. The summed E-state index contributed by atoms with van der Waals surface area (Å²) >= 11 is 0. The largest absolute Gasteiger partial charge is 0.378 e. The number of hydrogen-bond acceptors (Lipinski definition) is 3. The molecule has 0 aromatic heterocycles. The van der Waals surface area contributed by atoms with Crippen molar-refractivity contribution < 1.29 is 4.74 Å². The van der Waals surface area contributed by atoms with Crippen molar-refractivity contribution in [3.05, 3.63) is 48.0 Å².